The van der Waals surface area contributed by atoms with Gasteiger partial charge in [0.2, 0.25) is 0 Å². The molecule has 0 spiro atoms. The van der Waals surface area contributed by atoms with Crippen molar-refractivity contribution < 1.29 is 14.3 Å². The second-order valence-corrected chi connectivity index (χ2v) is 10.8. The number of ether oxygens (including phenoxy) is 2. The molecule has 1 aliphatic rings. The highest BCUT2D eigenvalue weighted by Gasteiger charge is 2.25. The van der Waals surface area contributed by atoms with E-state index in [1.54, 1.807) is 7.11 Å². The Labute approximate surface area is 250 Å². The van der Waals surface area contributed by atoms with Gasteiger partial charge < -0.3 is 18.8 Å². The fraction of sp³-hybridized carbons (Fsp3) is 0.235. The van der Waals surface area contributed by atoms with Gasteiger partial charge in [0.1, 0.15) is 17.1 Å². The van der Waals surface area contributed by atoms with E-state index < -0.39 is 0 Å². The van der Waals surface area contributed by atoms with Crippen LogP contribution in [-0.2, 0) is 6.54 Å². The molecule has 1 fully saturated rings. The molecule has 0 aliphatic carbocycles. The zero-order valence-electron chi connectivity index (χ0n) is 23.8. The van der Waals surface area contributed by atoms with Crippen LogP contribution >= 0.6 is 11.6 Å². The molecule has 1 amide bonds. The Morgan fingerprint density at radius 2 is 1.60 bits per heavy atom. The Balaban J connectivity index is 1.28. The van der Waals surface area contributed by atoms with Crippen LogP contribution in [0.4, 0.5) is 0 Å². The monoisotopic (exact) mass is 580 g/mol. The zero-order chi connectivity index (χ0) is 29.1. The van der Waals surface area contributed by atoms with E-state index in [4.69, 9.17) is 26.1 Å². The number of nitrogens with zero attached hydrogens (tertiary/aromatic N) is 4. The third kappa shape index (κ3) is 5.84. The summed E-state index contributed by atoms with van der Waals surface area (Å²) in [6.45, 7) is 6.17. The number of amides is 1. The van der Waals surface area contributed by atoms with E-state index in [0.29, 0.717) is 36.8 Å². The van der Waals surface area contributed by atoms with Gasteiger partial charge in [-0.25, -0.2) is 4.98 Å². The van der Waals surface area contributed by atoms with Crippen molar-refractivity contribution in [2.45, 2.75) is 13.5 Å². The molecule has 0 N–H and O–H groups in total. The SMILES string of the molecule is CCOc1cccc(-c2ccc3nc(-c4ccc(Cl)cc4)c(CN4CCN(C(=O)c5ccc(OC)cc5)CC4)n3c2)c1. The minimum atomic E-state index is 0.0490. The summed E-state index contributed by atoms with van der Waals surface area (Å²) < 4.78 is 13.2. The molecule has 7 nitrogen and oxygen atoms in total. The predicted molar refractivity (Wildman–Crippen MR) is 166 cm³/mol. The number of imidazole rings is 1. The summed E-state index contributed by atoms with van der Waals surface area (Å²) >= 11 is 6.21. The number of rotatable bonds is 8. The van der Waals surface area contributed by atoms with Crippen molar-refractivity contribution in [3.63, 3.8) is 0 Å². The van der Waals surface area contributed by atoms with Crippen molar-refractivity contribution in [1.29, 1.82) is 0 Å². The van der Waals surface area contributed by atoms with Gasteiger partial charge in [-0.1, -0.05) is 35.9 Å². The van der Waals surface area contributed by atoms with Crippen LogP contribution in [0.15, 0.2) is 91.1 Å². The van der Waals surface area contributed by atoms with E-state index in [2.05, 4.69) is 39.8 Å². The fourth-order valence-corrected chi connectivity index (χ4v) is 5.55. The van der Waals surface area contributed by atoms with Gasteiger partial charge in [-0.15, -0.1) is 0 Å². The number of pyridine rings is 1. The summed E-state index contributed by atoms with van der Waals surface area (Å²) in [6.07, 6.45) is 2.16. The van der Waals surface area contributed by atoms with E-state index >= 15 is 0 Å². The number of hydrogen-bond acceptors (Lipinski definition) is 5. The molecule has 0 unspecified atom stereocenters. The molecule has 8 heteroatoms. The Hall–Kier alpha value is -4.33. The van der Waals surface area contributed by atoms with Gasteiger partial charge in [-0.05, 0) is 78.7 Å². The number of carbonyl (C=O) groups is 1. The van der Waals surface area contributed by atoms with Crippen LogP contribution in [0.5, 0.6) is 11.5 Å². The maximum Gasteiger partial charge on any atom is 0.253 e. The standard InChI is InChI=1S/C34H33ClN4O3/c1-3-42-30-6-4-5-26(21-30)27-11-16-32-36-33(24-7-12-28(35)13-8-24)31(39(32)22-27)23-37-17-19-38(20-18-37)34(40)25-9-14-29(41-2)15-10-25/h4-16,21-22H,3,17-20,23H2,1-2H3. The zero-order valence-corrected chi connectivity index (χ0v) is 24.6. The Bertz CT molecular complexity index is 1690. The Kier molecular flexibility index (Phi) is 8.13. The maximum absolute atomic E-state index is 13.1. The summed E-state index contributed by atoms with van der Waals surface area (Å²) in [7, 11) is 1.62. The molecule has 1 aliphatic heterocycles. The average molecular weight is 581 g/mol. The molecule has 0 bridgehead atoms. The third-order valence-corrected chi connectivity index (χ3v) is 7.94. The number of carbonyl (C=O) groups excluding carboxylic acids is 1. The van der Waals surface area contributed by atoms with Crippen LogP contribution in [0.2, 0.25) is 5.02 Å². The molecule has 0 atom stereocenters. The summed E-state index contributed by atoms with van der Waals surface area (Å²) in [5.74, 6) is 1.64. The van der Waals surface area contributed by atoms with Gasteiger partial charge >= 0.3 is 0 Å². The lowest BCUT2D eigenvalue weighted by Crippen LogP contribution is -2.48. The van der Waals surface area contributed by atoms with Crippen molar-refractivity contribution in [2.75, 3.05) is 39.9 Å². The number of benzene rings is 3. The predicted octanol–water partition coefficient (Wildman–Crippen LogP) is 6.69. The highest BCUT2D eigenvalue weighted by Crippen LogP contribution is 2.30. The first-order chi connectivity index (χ1) is 20.5. The van der Waals surface area contributed by atoms with Crippen LogP contribution in [0.3, 0.4) is 0 Å². The average Bonchev–Trinajstić information content (AvgIpc) is 3.39. The highest BCUT2D eigenvalue weighted by molar-refractivity contribution is 6.30. The number of hydrogen-bond donors (Lipinski definition) is 0. The minimum absolute atomic E-state index is 0.0490. The van der Waals surface area contributed by atoms with Crippen molar-refractivity contribution in [3.8, 4) is 33.9 Å². The molecule has 3 heterocycles. The van der Waals surface area contributed by atoms with E-state index in [-0.39, 0.29) is 5.91 Å². The highest BCUT2D eigenvalue weighted by atomic mass is 35.5. The second kappa shape index (κ2) is 12.3. The van der Waals surface area contributed by atoms with Gasteiger partial charge in [-0.2, -0.15) is 0 Å². The quantitative estimate of drug-likeness (QED) is 0.205. The van der Waals surface area contributed by atoms with Crippen molar-refractivity contribution in [2.24, 2.45) is 0 Å². The summed E-state index contributed by atoms with van der Waals surface area (Å²) in [4.78, 5) is 22.5. The summed E-state index contributed by atoms with van der Waals surface area (Å²) in [5, 5.41) is 0.693. The topological polar surface area (TPSA) is 59.3 Å². The summed E-state index contributed by atoms with van der Waals surface area (Å²) in [6, 6.07) is 27.5. The number of aromatic nitrogens is 2. The third-order valence-electron chi connectivity index (χ3n) is 7.68. The van der Waals surface area contributed by atoms with E-state index in [0.717, 1.165) is 58.3 Å². The first-order valence-electron chi connectivity index (χ1n) is 14.2. The molecule has 0 saturated carbocycles. The van der Waals surface area contributed by atoms with Crippen LogP contribution in [0.1, 0.15) is 23.0 Å². The molecule has 214 valence electrons. The molecule has 5 aromatic rings. The molecule has 42 heavy (non-hydrogen) atoms. The Morgan fingerprint density at radius 3 is 2.31 bits per heavy atom. The fourth-order valence-electron chi connectivity index (χ4n) is 5.42. The molecule has 0 radical (unpaired) electrons. The number of fused-ring (bicyclic) bond motifs is 1. The summed E-state index contributed by atoms with van der Waals surface area (Å²) in [5.41, 5.74) is 6.78. The van der Waals surface area contributed by atoms with Crippen molar-refractivity contribution in [3.05, 3.63) is 107 Å². The largest absolute Gasteiger partial charge is 0.497 e. The van der Waals surface area contributed by atoms with Crippen molar-refractivity contribution in [1.82, 2.24) is 19.2 Å². The van der Waals surface area contributed by atoms with Crippen LogP contribution < -0.4 is 9.47 Å². The van der Waals surface area contributed by atoms with Gasteiger partial charge in [-0.3, -0.25) is 9.69 Å². The van der Waals surface area contributed by atoms with Gasteiger partial charge in [0.15, 0.2) is 0 Å². The smallest absolute Gasteiger partial charge is 0.253 e. The lowest BCUT2D eigenvalue weighted by molar-refractivity contribution is 0.0627. The number of halogens is 1. The number of piperazine rings is 1. The molecule has 6 rings (SSSR count). The van der Waals surface area contributed by atoms with Crippen LogP contribution in [0.25, 0.3) is 28.0 Å². The van der Waals surface area contributed by atoms with Crippen LogP contribution in [-0.4, -0.2) is 65.0 Å². The lowest BCUT2D eigenvalue weighted by Gasteiger charge is -2.34. The Morgan fingerprint density at radius 1 is 0.857 bits per heavy atom. The molecule has 2 aromatic heterocycles. The molecular weight excluding hydrogens is 548 g/mol. The molecule has 1 saturated heterocycles. The van der Waals surface area contributed by atoms with Crippen molar-refractivity contribution >= 4 is 23.2 Å². The second-order valence-electron chi connectivity index (χ2n) is 10.3. The first kappa shape index (κ1) is 27.8. The first-order valence-corrected chi connectivity index (χ1v) is 14.6. The van der Waals surface area contributed by atoms with E-state index in [1.165, 1.54) is 0 Å². The van der Waals surface area contributed by atoms with Gasteiger partial charge in [0.05, 0.1) is 25.1 Å². The van der Waals surface area contributed by atoms with Gasteiger partial charge in [0.25, 0.3) is 5.91 Å². The van der Waals surface area contributed by atoms with Gasteiger partial charge in [0, 0.05) is 55.1 Å². The molecule has 3 aromatic carbocycles. The molecular formula is C34H33ClN4O3. The van der Waals surface area contributed by atoms with Crippen LogP contribution in [0, 0.1) is 0 Å². The number of methoxy groups -OCH3 is 1. The minimum Gasteiger partial charge on any atom is -0.497 e. The van der Waals surface area contributed by atoms with E-state index in [1.807, 2.05) is 72.5 Å². The normalized spacial score (nSPS) is 13.8. The van der Waals surface area contributed by atoms with E-state index in [9.17, 15) is 4.79 Å². The maximum atomic E-state index is 13.1. The lowest BCUT2D eigenvalue weighted by atomic mass is 10.1.